The van der Waals surface area contributed by atoms with E-state index in [1.807, 2.05) is 35.8 Å². The average Bonchev–Trinajstić information content (AvgIpc) is 2.23. The Morgan fingerprint density at radius 2 is 2.00 bits per heavy atom. The number of aryl methyl sites for hydroxylation is 2. The number of hydrogen-bond donors (Lipinski definition) is 0. The Labute approximate surface area is 89.2 Å². The molecule has 1 aromatic carbocycles. The fraction of sp³-hybridized carbons (Fsp3) is 0.308. The van der Waals surface area contributed by atoms with E-state index in [0.717, 1.165) is 23.9 Å². The van der Waals surface area contributed by atoms with Crippen LogP contribution in [0.15, 0.2) is 35.1 Å². The van der Waals surface area contributed by atoms with Crippen molar-refractivity contribution in [2.24, 2.45) is 0 Å². The Kier molecular flexibility index (Phi) is 2.58. The third-order valence-electron chi connectivity index (χ3n) is 2.66. The quantitative estimate of drug-likeness (QED) is 0.732. The van der Waals surface area contributed by atoms with Crippen LogP contribution in [-0.4, -0.2) is 4.57 Å². The van der Waals surface area contributed by atoms with Gasteiger partial charge in [-0.1, -0.05) is 25.1 Å². The molecule has 0 saturated heterocycles. The Morgan fingerprint density at radius 1 is 1.20 bits per heavy atom. The van der Waals surface area contributed by atoms with Crippen LogP contribution in [-0.2, 0) is 6.54 Å². The van der Waals surface area contributed by atoms with Gasteiger partial charge in [-0.15, -0.1) is 0 Å². The van der Waals surface area contributed by atoms with Crippen molar-refractivity contribution in [1.82, 2.24) is 4.57 Å². The average molecular weight is 201 g/mol. The van der Waals surface area contributed by atoms with Gasteiger partial charge in [-0.05, 0) is 30.4 Å². The normalized spacial score (nSPS) is 10.8. The first-order valence-electron chi connectivity index (χ1n) is 5.33. The fourth-order valence-electron chi connectivity index (χ4n) is 1.99. The molecule has 0 bridgehead atoms. The maximum absolute atomic E-state index is 11.7. The van der Waals surface area contributed by atoms with Crippen molar-refractivity contribution in [3.63, 3.8) is 0 Å². The summed E-state index contributed by atoms with van der Waals surface area (Å²) >= 11 is 0. The zero-order valence-electron chi connectivity index (χ0n) is 9.16. The lowest BCUT2D eigenvalue weighted by Crippen LogP contribution is -2.19. The largest absolute Gasteiger partial charge is 0.308 e. The fourth-order valence-corrected chi connectivity index (χ4v) is 1.99. The highest BCUT2D eigenvalue weighted by Gasteiger charge is 2.03. The summed E-state index contributed by atoms with van der Waals surface area (Å²) in [7, 11) is 0. The van der Waals surface area contributed by atoms with E-state index in [2.05, 4.69) is 6.92 Å². The highest BCUT2D eigenvalue weighted by Crippen LogP contribution is 2.16. The van der Waals surface area contributed by atoms with Crippen molar-refractivity contribution in [3.8, 4) is 0 Å². The number of benzene rings is 1. The van der Waals surface area contributed by atoms with Crippen LogP contribution in [0, 0.1) is 6.92 Å². The van der Waals surface area contributed by atoms with Crippen molar-refractivity contribution in [3.05, 3.63) is 46.2 Å². The molecule has 78 valence electrons. The molecule has 0 saturated carbocycles. The standard InChI is InChI=1S/C13H15NO/c1-3-9-14-12(15)8-7-11-6-4-5-10(2)13(11)14/h4-8H,3,9H2,1-2H3. The second-order valence-corrected chi connectivity index (χ2v) is 3.84. The van der Waals surface area contributed by atoms with E-state index < -0.39 is 0 Å². The Balaban J connectivity index is 2.85. The highest BCUT2D eigenvalue weighted by molar-refractivity contribution is 5.81. The minimum atomic E-state index is 0.0960. The van der Waals surface area contributed by atoms with Crippen LogP contribution in [0.5, 0.6) is 0 Å². The van der Waals surface area contributed by atoms with Crippen LogP contribution in [0.1, 0.15) is 18.9 Å². The second kappa shape index (κ2) is 3.89. The predicted molar refractivity (Wildman–Crippen MR) is 63.2 cm³/mol. The lowest BCUT2D eigenvalue weighted by atomic mass is 10.1. The van der Waals surface area contributed by atoms with Gasteiger partial charge in [0, 0.05) is 12.6 Å². The predicted octanol–water partition coefficient (Wildman–Crippen LogP) is 2.72. The van der Waals surface area contributed by atoms with Crippen LogP contribution in [0.25, 0.3) is 10.9 Å². The number of para-hydroxylation sites is 1. The smallest absolute Gasteiger partial charge is 0.251 e. The van der Waals surface area contributed by atoms with Crippen LogP contribution < -0.4 is 5.56 Å². The van der Waals surface area contributed by atoms with Crippen LogP contribution in [0.4, 0.5) is 0 Å². The van der Waals surface area contributed by atoms with Crippen molar-refractivity contribution in [1.29, 1.82) is 0 Å². The van der Waals surface area contributed by atoms with E-state index in [-0.39, 0.29) is 5.56 Å². The number of pyridine rings is 1. The van der Waals surface area contributed by atoms with Gasteiger partial charge < -0.3 is 4.57 Å². The number of rotatable bonds is 2. The van der Waals surface area contributed by atoms with E-state index in [1.54, 1.807) is 6.07 Å². The molecule has 2 nitrogen and oxygen atoms in total. The van der Waals surface area contributed by atoms with Gasteiger partial charge in [0.2, 0.25) is 0 Å². The molecular weight excluding hydrogens is 186 g/mol. The zero-order chi connectivity index (χ0) is 10.8. The molecule has 0 aliphatic heterocycles. The van der Waals surface area contributed by atoms with Crippen molar-refractivity contribution in [2.45, 2.75) is 26.8 Å². The van der Waals surface area contributed by atoms with E-state index >= 15 is 0 Å². The summed E-state index contributed by atoms with van der Waals surface area (Å²) in [5.74, 6) is 0. The number of aromatic nitrogens is 1. The van der Waals surface area contributed by atoms with Crippen LogP contribution in [0.2, 0.25) is 0 Å². The SMILES string of the molecule is CCCn1c(=O)ccc2cccc(C)c21. The molecule has 0 aliphatic rings. The van der Waals surface area contributed by atoms with Gasteiger partial charge in [-0.3, -0.25) is 4.79 Å². The summed E-state index contributed by atoms with van der Waals surface area (Å²) in [4.78, 5) is 11.7. The first kappa shape index (κ1) is 9.97. The van der Waals surface area contributed by atoms with Gasteiger partial charge in [0.1, 0.15) is 0 Å². The number of hydrogen-bond acceptors (Lipinski definition) is 1. The summed E-state index contributed by atoms with van der Waals surface area (Å²) < 4.78 is 1.87. The summed E-state index contributed by atoms with van der Waals surface area (Å²) in [6.45, 7) is 4.93. The minimum Gasteiger partial charge on any atom is -0.308 e. The highest BCUT2D eigenvalue weighted by atomic mass is 16.1. The van der Waals surface area contributed by atoms with Crippen molar-refractivity contribution in [2.75, 3.05) is 0 Å². The summed E-state index contributed by atoms with van der Waals surface area (Å²) in [6, 6.07) is 9.68. The van der Waals surface area contributed by atoms with E-state index in [1.165, 1.54) is 5.56 Å². The van der Waals surface area contributed by atoms with Crippen LogP contribution in [0.3, 0.4) is 0 Å². The summed E-state index contributed by atoms with van der Waals surface area (Å²) in [5, 5.41) is 1.14. The Hall–Kier alpha value is -1.57. The van der Waals surface area contributed by atoms with E-state index in [9.17, 15) is 4.79 Å². The minimum absolute atomic E-state index is 0.0960. The summed E-state index contributed by atoms with van der Waals surface area (Å²) in [6.07, 6.45) is 0.980. The van der Waals surface area contributed by atoms with E-state index in [4.69, 9.17) is 0 Å². The molecule has 0 fully saturated rings. The van der Waals surface area contributed by atoms with Gasteiger partial charge in [0.25, 0.3) is 5.56 Å². The molecular formula is C13H15NO. The molecule has 0 atom stereocenters. The Bertz CT molecular complexity index is 540. The third kappa shape index (κ3) is 1.67. The molecule has 0 radical (unpaired) electrons. The molecule has 0 aliphatic carbocycles. The molecule has 2 aromatic rings. The van der Waals surface area contributed by atoms with Gasteiger partial charge in [-0.2, -0.15) is 0 Å². The molecule has 2 rings (SSSR count). The molecule has 15 heavy (non-hydrogen) atoms. The van der Waals surface area contributed by atoms with E-state index in [0.29, 0.717) is 0 Å². The first-order chi connectivity index (χ1) is 7.24. The monoisotopic (exact) mass is 201 g/mol. The molecule has 2 heteroatoms. The first-order valence-corrected chi connectivity index (χ1v) is 5.33. The van der Waals surface area contributed by atoms with Gasteiger partial charge in [0.15, 0.2) is 0 Å². The van der Waals surface area contributed by atoms with Gasteiger partial charge in [0.05, 0.1) is 5.52 Å². The molecule has 0 spiro atoms. The third-order valence-corrected chi connectivity index (χ3v) is 2.66. The second-order valence-electron chi connectivity index (χ2n) is 3.84. The van der Waals surface area contributed by atoms with Gasteiger partial charge >= 0.3 is 0 Å². The molecule has 0 N–H and O–H groups in total. The lowest BCUT2D eigenvalue weighted by molar-refractivity contribution is 0.677. The maximum Gasteiger partial charge on any atom is 0.251 e. The molecule has 0 unspecified atom stereocenters. The molecule has 0 amide bonds. The lowest BCUT2D eigenvalue weighted by Gasteiger charge is -2.10. The maximum atomic E-state index is 11.7. The van der Waals surface area contributed by atoms with Gasteiger partial charge in [-0.25, -0.2) is 0 Å². The van der Waals surface area contributed by atoms with Crippen molar-refractivity contribution < 1.29 is 0 Å². The van der Waals surface area contributed by atoms with Crippen molar-refractivity contribution >= 4 is 10.9 Å². The zero-order valence-corrected chi connectivity index (χ0v) is 9.16. The summed E-state index contributed by atoms with van der Waals surface area (Å²) in [5.41, 5.74) is 2.34. The topological polar surface area (TPSA) is 22.0 Å². The molecule has 1 aromatic heterocycles. The molecule has 1 heterocycles. The number of nitrogens with zero attached hydrogens (tertiary/aromatic N) is 1. The number of fused-ring (bicyclic) bond motifs is 1. The van der Waals surface area contributed by atoms with Crippen LogP contribution >= 0.6 is 0 Å². The Morgan fingerprint density at radius 3 is 2.73 bits per heavy atom.